The Hall–Kier alpha value is -1.09. The summed E-state index contributed by atoms with van der Waals surface area (Å²) in [5.41, 5.74) is 7.16. The van der Waals surface area contributed by atoms with E-state index >= 15 is 0 Å². The van der Waals surface area contributed by atoms with Gasteiger partial charge in [-0.1, -0.05) is 13.2 Å². The minimum Gasteiger partial charge on any atom is -0.347 e. The quantitative estimate of drug-likeness (QED) is 0.702. The minimum absolute atomic E-state index is 0.551. The van der Waals surface area contributed by atoms with E-state index in [0.29, 0.717) is 11.3 Å². The smallest absolute Gasteiger partial charge is 0.115 e. The van der Waals surface area contributed by atoms with Gasteiger partial charge in [-0.25, -0.2) is 4.39 Å². The zero-order valence-corrected chi connectivity index (χ0v) is 8.10. The summed E-state index contributed by atoms with van der Waals surface area (Å²) in [6, 6.07) is 0. The van der Waals surface area contributed by atoms with Crippen LogP contribution in [-0.4, -0.2) is 24.2 Å². The molecular weight excluding hydrogens is 167 g/mol. The molecule has 0 saturated carbocycles. The molecule has 0 fully saturated rings. The molecule has 0 aromatic heterocycles. The van der Waals surface area contributed by atoms with Gasteiger partial charge in [0.1, 0.15) is 6.67 Å². The Labute approximate surface area is 78.2 Å². The van der Waals surface area contributed by atoms with Gasteiger partial charge in [0.25, 0.3) is 0 Å². The number of hydrogen-bond donors (Lipinski definition) is 1. The van der Waals surface area contributed by atoms with Crippen LogP contribution in [0.1, 0.15) is 6.92 Å². The maximum atomic E-state index is 12.7. The van der Waals surface area contributed by atoms with Gasteiger partial charge >= 0.3 is 0 Å². The molecule has 0 amide bonds. The Morgan fingerprint density at radius 1 is 1.69 bits per heavy atom. The number of halogens is 1. The van der Waals surface area contributed by atoms with Crippen LogP contribution in [0.25, 0.3) is 0 Å². The van der Waals surface area contributed by atoms with Gasteiger partial charge in [-0.05, 0) is 13.0 Å². The fourth-order valence-electron chi connectivity index (χ4n) is 1.60. The predicted molar refractivity (Wildman–Crippen MR) is 52.7 cm³/mol. The molecule has 0 saturated heterocycles. The summed E-state index contributed by atoms with van der Waals surface area (Å²) in [6.45, 7) is 8.66. The fourth-order valence-corrected chi connectivity index (χ4v) is 1.60. The first kappa shape index (κ1) is 9.99. The highest BCUT2D eigenvalue weighted by Crippen LogP contribution is 2.36. The lowest BCUT2D eigenvalue weighted by molar-refractivity contribution is 0.473. The molecule has 0 spiro atoms. The number of rotatable bonds is 2. The molecule has 3 heteroatoms. The van der Waals surface area contributed by atoms with E-state index in [1.165, 1.54) is 0 Å². The number of likely N-dealkylation sites (N-methyl/N-ethyl adjacent to an activating group) is 1. The van der Waals surface area contributed by atoms with E-state index in [1.54, 1.807) is 17.9 Å². The van der Waals surface area contributed by atoms with E-state index in [-0.39, 0.29) is 0 Å². The molecule has 2 nitrogen and oxygen atoms in total. The van der Waals surface area contributed by atoms with E-state index in [1.807, 2.05) is 7.05 Å². The molecule has 1 heterocycles. The standard InChI is InChI=1S/C10H15FN2/c1-5-9-8(6-11)10(3,12)7(2)13(9)4/h5H,1-2,6,12H2,3-4H3. The SMILES string of the molecule is C=CC1=C(CF)C(C)(N)C(=C)N1C. The lowest BCUT2D eigenvalue weighted by Crippen LogP contribution is -2.40. The van der Waals surface area contributed by atoms with Crippen LogP contribution in [0.2, 0.25) is 0 Å². The second-order valence-corrected chi connectivity index (χ2v) is 3.41. The van der Waals surface area contributed by atoms with Crippen LogP contribution in [0.15, 0.2) is 36.2 Å². The lowest BCUT2D eigenvalue weighted by atomic mass is 9.93. The van der Waals surface area contributed by atoms with Gasteiger partial charge in [-0.15, -0.1) is 0 Å². The largest absolute Gasteiger partial charge is 0.347 e. The average Bonchev–Trinajstić information content (AvgIpc) is 2.25. The minimum atomic E-state index is -0.771. The van der Waals surface area contributed by atoms with Gasteiger partial charge in [0.15, 0.2) is 0 Å². The molecule has 1 atom stereocenters. The number of nitrogens with zero attached hydrogens (tertiary/aromatic N) is 1. The van der Waals surface area contributed by atoms with Gasteiger partial charge in [0.05, 0.1) is 5.54 Å². The third kappa shape index (κ3) is 1.20. The van der Waals surface area contributed by atoms with Crippen molar-refractivity contribution in [1.29, 1.82) is 0 Å². The van der Waals surface area contributed by atoms with E-state index in [2.05, 4.69) is 13.2 Å². The third-order valence-corrected chi connectivity index (χ3v) is 2.63. The topological polar surface area (TPSA) is 29.3 Å². The molecule has 2 N–H and O–H groups in total. The van der Waals surface area contributed by atoms with Crippen molar-refractivity contribution in [3.05, 3.63) is 36.2 Å². The summed E-state index contributed by atoms with van der Waals surface area (Å²) in [4.78, 5) is 1.78. The normalized spacial score (nSPS) is 28.6. The number of nitrogens with two attached hydrogens (primary N) is 1. The van der Waals surface area contributed by atoms with E-state index in [4.69, 9.17) is 5.73 Å². The van der Waals surface area contributed by atoms with Gasteiger partial charge in [0.2, 0.25) is 0 Å². The average molecular weight is 182 g/mol. The summed E-state index contributed by atoms with van der Waals surface area (Å²) in [5.74, 6) is 0. The van der Waals surface area contributed by atoms with Crippen LogP contribution >= 0.6 is 0 Å². The molecule has 0 aliphatic carbocycles. The van der Waals surface area contributed by atoms with Crippen LogP contribution < -0.4 is 5.73 Å². The first-order chi connectivity index (χ1) is 5.96. The van der Waals surface area contributed by atoms with E-state index in [9.17, 15) is 4.39 Å². The van der Waals surface area contributed by atoms with Gasteiger partial charge in [-0.3, -0.25) is 0 Å². The third-order valence-electron chi connectivity index (χ3n) is 2.63. The van der Waals surface area contributed by atoms with Crippen molar-refractivity contribution >= 4 is 0 Å². The highest BCUT2D eigenvalue weighted by molar-refractivity contribution is 5.47. The zero-order chi connectivity index (χ0) is 10.2. The summed E-state index contributed by atoms with van der Waals surface area (Å²) >= 11 is 0. The second kappa shape index (κ2) is 3.00. The van der Waals surface area contributed by atoms with Gasteiger partial charge < -0.3 is 10.6 Å². The predicted octanol–water partition coefficient (Wildman–Crippen LogP) is 1.57. The molecule has 1 aliphatic heterocycles. The van der Waals surface area contributed by atoms with Crippen LogP contribution in [-0.2, 0) is 0 Å². The molecule has 0 aromatic carbocycles. The summed E-state index contributed by atoms with van der Waals surface area (Å²) < 4.78 is 12.7. The second-order valence-electron chi connectivity index (χ2n) is 3.41. The van der Waals surface area contributed by atoms with Crippen molar-refractivity contribution in [3.8, 4) is 0 Å². The van der Waals surface area contributed by atoms with E-state index in [0.717, 1.165) is 5.70 Å². The lowest BCUT2D eigenvalue weighted by Gasteiger charge is -2.24. The fraction of sp³-hybridized carbons (Fsp3) is 0.400. The molecule has 1 unspecified atom stereocenters. The van der Waals surface area contributed by atoms with Crippen molar-refractivity contribution in [2.75, 3.05) is 13.7 Å². The Kier molecular flexibility index (Phi) is 2.30. The molecule has 0 aromatic rings. The number of hydrogen-bond acceptors (Lipinski definition) is 2. The van der Waals surface area contributed by atoms with Crippen molar-refractivity contribution in [3.63, 3.8) is 0 Å². The summed E-state index contributed by atoms with van der Waals surface area (Å²) in [6.07, 6.45) is 1.61. The Morgan fingerprint density at radius 3 is 2.54 bits per heavy atom. The molecule has 1 rings (SSSR count). The Balaban J connectivity index is 3.26. The number of allylic oxidation sites excluding steroid dienone is 1. The van der Waals surface area contributed by atoms with Crippen LogP contribution in [0, 0.1) is 0 Å². The molecule has 0 bridgehead atoms. The van der Waals surface area contributed by atoms with Gasteiger partial charge in [-0.2, -0.15) is 0 Å². The molecule has 0 radical (unpaired) electrons. The highest BCUT2D eigenvalue weighted by atomic mass is 19.1. The molecule has 13 heavy (non-hydrogen) atoms. The highest BCUT2D eigenvalue weighted by Gasteiger charge is 2.38. The van der Waals surface area contributed by atoms with Crippen molar-refractivity contribution < 1.29 is 4.39 Å². The zero-order valence-electron chi connectivity index (χ0n) is 8.10. The molecule has 72 valence electrons. The molecule has 1 aliphatic rings. The van der Waals surface area contributed by atoms with E-state index < -0.39 is 12.2 Å². The van der Waals surface area contributed by atoms with Crippen LogP contribution in [0.5, 0.6) is 0 Å². The Morgan fingerprint density at radius 2 is 2.23 bits per heavy atom. The van der Waals surface area contributed by atoms with Gasteiger partial charge in [0, 0.05) is 24.0 Å². The molecular formula is C10H15FN2. The van der Waals surface area contributed by atoms with Crippen LogP contribution in [0.3, 0.4) is 0 Å². The maximum Gasteiger partial charge on any atom is 0.115 e. The van der Waals surface area contributed by atoms with Crippen LogP contribution in [0.4, 0.5) is 4.39 Å². The van der Waals surface area contributed by atoms with Crippen molar-refractivity contribution in [2.24, 2.45) is 5.73 Å². The van der Waals surface area contributed by atoms with Crippen molar-refractivity contribution in [1.82, 2.24) is 4.90 Å². The summed E-state index contributed by atoms with van der Waals surface area (Å²) in [7, 11) is 1.81. The first-order valence-corrected chi connectivity index (χ1v) is 4.10. The van der Waals surface area contributed by atoms with Crippen molar-refractivity contribution in [2.45, 2.75) is 12.5 Å². The first-order valence-electron chi connectivity index (χ1n) is 4.10. The number of alkyl halides is 1. The monoisotopic (exact) mass is 182 g/mol. The summed E-state index contributed by atoms with van der Waals surface area (Å²) in [5, 5.41) is 0. The Bertz CT molecular complexity index is 289. The maximum absolute atomic E-state index is 12.7.